The Labute approximate surface area is 124 Å². The molecule has 1 amide bonds. The van der Waals surface area contributed by atoms with E-state index in [2.05, 4.69) is 5.32 Å². The summed E-state index contributed by atoms with van der Waals surface area (Å²) < 4.78 is 5.21. The number of unbranched alkanes of at least 4 members (excludes halogenated alkanes) is 1. The van der Waals surface area contributed by atoms with Crippen molar-refractivity contribution in [3.8, 4) is 0 Å². The van der Waals surface area contributed by atoms with Gasteiger partial charge < -0.3 is 9.53 Å². The van der Waals surface area contributed by atoms with E-state index in [1.54, 1.807) is 32.9 Å². The Morgan fingerprint density at radius 3 is 2.70 bits per heavy atom. The number of hydrogen-bond acceptors (Lipinski definition) is 3. The molecule has 20 heavy (non-hydrogen) atoms. The molecule has 0 saturated carbocycles. The van der Waals surface area contributed by atoms with E-state index in [0.29, 0.717) is 23.6 Å². The maximum atomic E-state index is 11.8. The number of aldehydes is 1. The summed E-state index contributed by atoms with van der Waals surface area (Å²) in [4.78, 5) is 22.1. The molecular formula is C15H20ClNO3. The molecule has 0 atom stereocenters. The van der Waals surface area contributed by atoms with Crippen molar-refractivity contribution in [1.82, 2.24) is 0 Å². The maximum absolute atomic E-state index is 11.8. The van der Waals surface area contributed by atoms with Crippen molar-refractivity contribution in [3.05, 3.63) is 28.8 Å². The average molecular weight is 298 g/mol. The lowest BCUT2D eigenvalue weighted by atomic mass is 10.1. The zero-order chi connectivity index (χ0) is 15.2. The minimum absolute atomic E-state index is 0.495. The monoisotopic (exact) mass is 297 g/mol. The van der Waals surface area contributed by atoms with Crippen LogP contribution in [-0.2, 0) is 16.0 Å². The van der Waals surface area contributed by atoms with Crippen LogP contribution in [-0.4, -0.2) is 18.0 Å². The first-order valence-corrected chi connectivity index (χ1v) is 6.91. The van der Waals surface area contributed by atoms with Crippen molar-refractivity contribution >= 4 is 29.7 Å². The third-order valence-electron chi connectivity index (χ3n) is 2.48. The molecule has 0 unspecified atom stereocenters. The lowest BCUT2D eigenvalue weighted by Gasteiger charge is -2.20. The fourth-order valence-electron chi connectivity index (χ4n) is 1.67. The molecule has 0 bridgehead atoms. The number of ether oxygens (including phenoxy) is 1. The largest absolute Gasteiger partial charge is 0.444 e. The maximum Gasteiger partial charge on any atom is 0.412 e. The second-order valence-corrected chi connectivity index (χ2v) is 5.92. The first-order valence-electron chi connectivity index (χ1n) is 6.54. The third-order valence-corrected chi connectivity index (χ3v) is 2.71. The van der Waals surface area contributed by atoms with Crippen molar-refractivity contribution in [2.75, 3.05) is 5.32 Å². The van der Waals surface area contributed by atoms with Crippen LogP contribution in [0.3, 0.4) is 0 Å². The summed E-state index contributed by atoms with van der Waals surface area (Å²) in [6.45, 7) is 5.40. The highest BCUT2D eigenvalue weighted by molar-refractivity contribution is 6.31. The number of carbonyl (C=O) groups is 2. The van der Waals surface area contributed by atoms with Crippen LogP contribution < -0.4 is 5.32 Å². The number of amides is 1. The van der Waals surface area contributed by atoms with E-state index in [4.69, 9.17) is 16.3 Å². The summed E-state index contributed by atoms with van der Waals surface area (Å²) in [5.74, 6) is 0. The van der Waals surface area contributed by atoms with Crippen LogP contribution in [0, 0.1) is 0 Å². The molecule has 1 aromatic carbocycles. The third kappa shape index (κ3) is 6.06. The summed E-state index contributed by atoms with van der Waals surface area (Å²) >= 11 is 5.95. The van der Waals surface area contributed by atoms with E-state index < -0.39 is 11.7 Å². The van der Waals surface area contributed by atoms with Crippen molar-refractivity contribution in [2.24, 2.45) is 0 Å². The van der Waals surface area contributed by atoms with Crippen LogP contribution in [0.1, 0.15) is 39.2 Å². The fourth-order valence-corrected chi connectivity index (χ4v) is 1.84. The van der Waals surface area contributed by atoms with E-state index in [1.807, 2.05) is 6.07 Å². The molecule has 5 heteroatoms. The molecule has 0 aliphatic rings. The molecule has 0 heterocycles. The van der Waals surface area contributed by atoms with Gasteiger partial charge in [-0.15, -0.1) is 0 Å². The summed E-state index contributed by atoms with van der Waals surface area (Å²) in [7, 11) is 0. The molecule has 0 fully saturated rings. The highest BCUT2D eigenvalue weighted by atomic mass is 35.5. The van der Waals surface area contributed by atoms with Crippen LogP contribution in [0.2, 0.25) is 5.02 Å². The SMILES string of the molecule is CC(C)(C)OC(=O)Nc1cc(Cl)ccc1CCCC=O. The van der Waals surface area contributed by atoms with Gasteiger partial charge >= 0.3 is 6.09 Å². The number of benzene rings is 1. The van der Waals surface area contributed by atoms with Crippen molar-refractivity contribution < 1.29 is 14.3 Å². The summed E-state index contributed by atoms with van der Waals surface area (Å²) in [6.07, 6.45) is 2.29. The Balaban J connectivity index is 2.78. The first kappa shape index (κ1) is 16.5. The number of nitrogens with one attached hydrogen (secondary N) is 1. The number of halogens is 1. The molecule has 0 spiro atoms. The van der Waals surface area contributed by atoms with Gasteiger partial charge in [0.1, 0.15) is 11.9 Å². The molecule has 1 N–H and O–H groups in total. The fraction of sp³-hybridized carbons (Fsp3) is 0.467. The molecule has 0 saturated heterocycles. The molecular weight excluding hydrogens is 278 g/mol. The second kappa shape index (κ2) is 7.29. The van der Waals surface area contributed by atoms with Crippen LogP contribution in [0.15, 0.2) is 18.2 Å². The van der Waals surface area contributed by atoms with Crippen LogP contribution in [0.5, 0.6) is 0 Å². The smallest absolute Gasteiger partial charge is 0.412 e. The molecule has 1 rings (SSSR count). The standard InChI is InChI=1S/C15H20ClNO3/c1-15(2,3)20-14(19)17-13-10-12(16)8-7-11(13)6-4-5-9-18/h7-10H,4-6H2,1-3H3,(H,17,19). The summed E-state index contributed by atoms with van der Waals surface area (Å²) in [6, 6.07) is 5.29. The van der Waals surface area contributed by atoms with Gasteiger partial charge in [0.25, 0.3) is 0 Å². The average Bonchev–Trinajstić information content (AvgIpc) is 2.29. The minimum atomic E-state index is -0.555. The normalized spacial score (nSPS) is 11.0. The second-order valence-electron chi connectivity index (χ2n) is 5.49. The molecule has 1 aromatic rings. The molecule has 0 radical (unpaired) electrons. The highest BCUT2D eigenvalue weighted by Gasteiger charge is 2.17. The molecule has 0 aliphatic heterocycles. The van der Waals surface area contributed by atoms with Gasteiger partial charge in [-0.05, 0) is 51.3 Å². The van der Waals surface area contributed by atoms with Gasteiger partial charge in [-0.3, -0.25) is 5.32 Å². The molecule has 110 valence electrons. The number of aryl methyl sites for hydroxylation is 1. The van der Waals surface area contributed by atoms with E-state index >= 15 is 0 Å². The van der Waals surface area contributed by atoms with Crippen molar-refractivity contribution in [2.45, 2.75) is 45.6 Å². The van der Waals surface area contributed by atoms with Gasteiger partial charge in [0.05, 0.1) is 0 Å². The van der Waals surface area contributed by atoms with E-state index in [0.717, 1.165) is 18.3 Å². The number of hydrogen-bond donors (Lipinski definition) is 1. The van der Waals surface area contributed by atoms with Gasteiger partial charge in [-0.2, -0.15) is 0 Å². The number of anilines is 1. The van der Waals surface area contributed by atoms with Crippen LogP contribution in [0.25, 0.3) is 0 Å². The lowest BCUT2D eigenvalue weighted by molar-refractivity contribution is -0.107. The quantitative estimate of drug-likeness (QED) is 0.654. The lowest BCUT2D eigenvalue weighted by Crippen LogP contribution is -2.27. The Kier molecular flexibility index (Phi) is 6.02. The Morgan fingerprint density at radius 2 is 2.10 bits per heavy atom. The van der Waals surface area contributed by atoms with Crippen molar-refractivity contribution in [1.29, 1.82) is 0 Å². The van der Waals surface area contributed by atoms with E-state index in [9.17, 15) is 9.59 Å². The van der Waals surface area contributed by atoms with Crippen LogP contribution >= 0.6 is 11.6 Å². The Bertz CT molecular complexity index is 480. The van der Waals surface area contributed by atoms with Gasteiger partial charge in [-0.25, -0.2) is 4.79 Å². The molecule has 4 nitrogen and oxygen atoms in total. The minimum Gasteiger partial charge on any atom is -0.444 e. The van der Waals surface area contributed by atoms with Gasteiger partial charge in [0.15, 0.2) is 0 Å². The highest BCUT2D eigenvalue weighted by Crippen LogP contribution is 2.23. The predicted molar refractivity (Wildman–Crippen MR) is 80.3 cm³/mol. The number of carbonyl (C=O) groups excluding carboxylic acids is 2. The number of rotatable bonds is 5. The zero-order valence-corrected chi connectivity index (χ0v) is 12.8. The summed E-state index contributed by atoms with van der Waals surface area (Å²) in [5, 5.41) is 3.24. The van der Waals surface area contributed by atoms with Crippen molar-refractivity contribution in [3.63, 3.8) is 0 Å². The topological polar surface area (TPSA) is 55.4 Å². The van der Waals surface area contributed by atoms with Gasteiger partial charge in [0.2, 0.25) is 0 Å². The summed E-state index contributed by atoms with van der Waals surface area (Å²) in [5.41, 5.74) is 1.00. The molecule has 0 aromatic heterocycles. The van der Waals surface area contributed by atoms with Gasteiger partial charge in [-0.1, -0.05) is 17.7 Å². The zero-order valence-electron chi connectivity index (χ0n) is 12.0. The van der Waals surface area contributed by atoms with E-state index in [1.165, 1.54) is 0 Å². The first-order chi connectivity index (χ1) is 9.31. The van der Waals surface area contributed by atoms with Crippen LogP contribution in [0.4, 0.5) is 10.5 Å². The molecule has 0 aliphatic carbocycles. The van der Waals surface area contributed by atoms with E-state index in [-0.39, 0.29) is 0 Å². The van der Waals surface area contributed by atoms with Gasteiger partial charge in [0, 0.05) is 17.1 Å². The Hall–Kier alpha value is -1.55. The predicted octanol–water partition coefficient (Wildman–Crippen LogP) is 4.21. The Morgan fingerprint density at radius 1 is 1.40 bits per heavy atom.